The Labute approximate surface area is 169 Å². The van der Waals surface area contributed by atoms with Crippen molar-refractivity contribution in [2.75, 3.05) is 0 Å². The maximum absolute atomic E-state index is 12.1. The predicted molar refractivity (Wildman–Crippen MR) is 116 cm³/mol. The number of thiophene rings is 1. The van der Waals surface area contributed by atoms with E-state index in [1.807, 2.05) is 24.3 Å². The van der Waals surface area contributed by atoms with Gasteiger partial charge >= 0.3 is 5.97 Å². The Bertz CT molecular complexity index is 1040. The second-order valence-electron chi connectivity index (χ2n) is 7.56. The third kappa shape index (κ3) is 3.71. The zero-order valence-corrected chi connectivity index (χ0v) is 16.8. The van der Waals surface area contributed by atoms with Crippen molar-refractivity contribution in [2.24, 2.45) is 0 Å². The highest BCUT2D eigenvalue weighted by Crippen LogP contribution is 2.42. The third-order valence-electron chi connectivity index (χ3n) is 5.11. The molecule has 1 aliphatic carbocycles. The average Bonchev–Trinajstić information content (AvgIpc) is 3.23. The van der Waals surface area contributed by atoms with Crippen LogP contribution in [-0.2, 0) is 10.2 Å². The smallest absolute Gasteiger partial charge is 0.342 e. The van der Waals surface area contributed by atoms with Crippen molar-refractivity contribution < 1.29 is 9.53 Å². The van der Waals surface area contributed by atoms with Gasteiger partial charge in [0.05, 0.1) is 11.8 Å². The molecule has 0 atom stereocenters. The largest absolute Gasteiger partial charge is 0.431 e. The van der Waals surface area contributed by atoms with E-state index in [1.165, 1.54) is 27.8 Å². The molecule has 1 aromatic heterocycles. The number of esters is 1. The van der Waals surface area contributed by atoms with Gasteiger partial charge in [0.15, 0.2) is 0 Å². The van der Waals surface area contributed by atoms with Crippen molar-refractivity contribution in [1.29, 1.82) is 0 Å². The number of carbonyl (C=O) groups is 1. The normalized spacial score (nSPS) is 15.1. The van der Waals surface area contributed by atoms with Crippen molar-refractivity contribution in [1.82, 2.24) is 0 Å². The van der Waals surface area contributed by atoms with Crippen LogP contribution >= 0.6 is 11.3 Å². The zero-order valence-electron chi connectivity index (χ0n) is 16.0. The lowest BCUT2D eigenvalue weighted by Crippen LogP contribution is -2.21. The Morgan fingerprint density at radius 3 is 2.64 bits per heavy atom. The minimum Gasteiger partial charge on any atom is -0.431 e. The van der Waals surface area contributed by atoms with E-state index < -0.39 is 0 Å². The summed E-state index contributed by atoms with van der Waals surface area (Å²) in [6, 6.07) is 19.8. The summed E-state index contributed by atoms with van der Waals surface area (Å²) in [6.45, 7) is 4.56. The Morgan fingerprint density at radius 2 is 1.89 bits per heavy atom. The number of fused-ring (bicyclic) bond motifs is 1. The van der Waals surface area contributed by atoms with Crippen molar-refractivity contribution in [3.63, 3.8) is 0 Å². The van der Waals surface area contributed by atoms with Crippen LogP contribution in [-0.4, -0.2) is 5.97 Å². The Morgan fingerprint density at radius 1 is 1.07 bits per heavy atom. The second kappa shape index (κ2) is 7.61. The van der Waals surface area contributed by atoms with Crippen molar-refractivity contribution >= 4 is 29.0 Å². The van der Waals surface area contributed by atoms with Gasteiger partial charge < -0.3 is 4.74 Å². The summed E-state index contributed by atoms with van der Waals surface area (Å²) in [5.74, 6) is -0.352. The molecule has 0 saturated heterocycles. The van der Waals surface area contributed by atoms with Crippen LogP contribution in [0.5, 0.6) is 0 Å². The number of hydrogen-bond acceptors (Lipinski definition) is 3. The van der Waals surface area contributed by atoms with Gasteiger partial charge in [-0.3, -0.25) is 0 Å². The lowest BCUT2D eigenvalue weighted by atomic mass is 9.73. The summed E-state index contributed by atoms with van der Waals surface area (Å²) in [5.41, 5.74) is 5.58. The summed E-state index contributed by atoms with van der Waals surface area (Å²) in [7, 11) is 0. The van der Waals surface area contributed by atoms with Crippen molar-refractivity contribution in [2.45, 2.75) is 25.7 Å². The number of rotatable bonds is 4. The van der Waals surface area contributed by atoms with E-state index in [2.05, 4.69) is 55.6 Å². The van der Waals surface area contributed by atoms with Gasteiger partial charge in [-0.15, -0.1) is 11.3 Å². The van der Waals surface area contributed by atoms with E-state index in [0.717, 1.165) is 12.0 Å². The molecule has 0 aliphatic heterocycles. The van der Waals surface area contributed by atoms with Crippen LogP contribution in [0.1, 0.15) is 52.2 Å². The van der Waals surface area contributed by atoms with E-state index in [9.17, 15) is 4.79 Å². The fraction of sp³-hybridized carbons (Fsp3) is 0.160. The molecule has 3 aromatic rings. The average molecular weight is 387 g/mol. The molecule has 0 spiro atoms. The quantitative estimate of drug-likeness (QED) is 0.369. The first-order valence-electron chi connectivity index (χ1n) is 9.36. The molecule has 0 N–H and O–H groups in total. The zero-order chi connectivity index (χ0) is 19.6. The first kappa shape index (κ1) is 18.5. The van der Waals surface area contributed by atoms with E-state index in [4.69, 9.17) is 4.74 Å². The third-order valence-corrected chi connectivity index (χ3v) is 6.01. The van der Waals surface area contributed by atoms with Gasteiger partial charge in [0.25, 0.3) is 0 Å². The standard InChI is InChI=1S/C25H22O2S/c1-25(2)14-12-20(23-9-6-16-28-23)21-17-18(10-11-22(21)25)13-15-27-24(26)19-7-4-3-5-8-19/h3-13,15-17H,14H2,1-2H3/b15-13+. The van der Waals surface area contributed by atoms with Crippen LogP contribution in [0, 0.1) is 0 Å². The highest BCUT2D eigenvalue weighted by Gasteiger charge is 2.28. The van der Waals surface area contributed by atoms with Crippen LogP contribution in [0.4, 0.5) is 0 Å². The summed E-state index contributed by atoms with van der Waals surface area (Å²) in [4.78, 5) is 13.4. The monoisotopic (exact) mass is 386 g/mol. The summed E-state index contributed by atoms with van der Waals surface area (Å²) < 4.78 is 5.28. The van der Waals surface area contributed by atoms with Crippen LogP contribution < -0.4 is 0 Å². The highest BCUT2D eigenvalue weighted by atomic mass is 32.1. The van der Waals surface area contributed by atoms with E-state index >= 15 is 0 Å². The van der Waals surface area contributed by atoms with Gasteiger partial charge in [-0.05, 0) is 69.8 Å². The van der Waals surface area contributed by atoms with E-state index in [-0.39, 0.29) is 11.4 Å². The molecule has 28 heavy (non-hydrogen) atoms. The Hall–Kier alpha value is -2.91. The molecule has 2 aromatic carbocycles. The molecule has 140 valence electrons. The van der Waals surface area contributed by atoms with Crippen LogP contribution in [0.15, 0.2) is 78.4 Å². The predicted octanol–water partition coefficient (Wildman–Crippen LogP) is 6.69. The maximum atomic E-state index is 12.1. The highest BCUT2D eigenvalue weighted by molar-refractivity contribution is 7.11. The fourth-order valence-electron chi connectivity index (χ4n) is 3.54. The molecule has 2 nitrogen and oxygen atoms in total. The topological polar surface area (TPSA) is 26.3 Å². The van der Waals surface area contributed by atoms with Crippen LogP contribution in [0.2, 0.25) is 0 Å². The van der Waals surface area contributed by atoms with E-state index in [0.29, 0.717) is 5.56 Å². The Kier molecular flexibility index (Phi) is 5.01. The van der Waals surface area contributed by atoms with Crippen LogP contribution in [0.25, 0.3) is 11.6 Å². The van der Waals surface area contributed by atoms with Gasteiger partial charge in [0.1, 0.15) is 0 Å². The lowest BCUT2D eigenvalue weighted by molar-refractivity contribution is 0.0665. The maximum Gasteiger partial charge on any atom is 0.342 e. The van der Waals surface area contributed by atoms with Gasteiger partial charge in [-0.1, -0.05) is 56.3 Å². The van der Waals surface area contributed by atoms with Gasteiger partial charge in [0, 0.05) is 4.88 Å². The van der Waals surface area contributed by atoms with E-state index in [1.54, 1.807) is 23.5 Å². The molecule has 0 fully saturated rings. The first-order valence-corrected chi connectivity index (χ1v) is 10.2. The summed E-state index contributed by atoms with van der Waals surface area (Å²) in [5, 5.41) is 2.11. The van der Waals surface area contributed by atoms with Crippen molar-refractivity contribution in [3.8, 4) is 0 Å². The minimum absolute atomic E-state index is 0.109. The molecule has 0 saturated carbocycles. The molecule has 0 unspecified atom stereocenters. The van der Waals surface area contributed by atoms with Crippen LogP contribution in [0.3, 0.4) is 0 Å². The lowest BCUT2D eigenvalue weighted by Gasteiger charge is -2.32. The molecule has 0 amide bonds. The molecular weight excluding hydrogens is 364 g/mol. The van der Waals surface area contributed by atoms with Crippen molar-refractivity contribution in [3.05, 3.63) is 106 Å². The SMILES string of the molecule is CC1(C)CC=C(c2cccs2)c2cc(/C=C/OC(=O)c3ccccc3)ccc21. The second-order valence-corrected chi connectivity index (χ2v) is 8.51. The number of ether oxygens (including phenoxy) is 1. The minimum atomic E-state index is -0.352. The fourth-order valence-corrected chi connectivity index (χ4v) is 4.32. The molecule has 0 bridgehead atoms. The summed E-state index contributed by atoms with van der Waals surface area (Å²) >= 11 is 1.76. The number of hydrogen-bond donors (Lipinski definition) is 0. The molecule has 3 heteroatoms. The first-order chi connectivity index (χ1) is 13.5. The molecule has 4 rings (SSSR count). The number of allylic oxidation sites excluding steroid dienone is 1. The molecule has 0 radical (unpaired) electrons. The van der Waals surface area contributed by atoms with Gasteiger partial charge in [-0.2, -0.15) is 0 Å². The molecule has 1 aliphatic rings. The molecule has 1 heterocycles. The molecular formula is C25H22O2S. The van der Waals surface area contributed by atoms with Gasteiger partial charge in [0.2, 0.25) is 0 Å². The summed E-state index contributed by atoms with van der Waals surface area (Å²) in [6.07, 6.45) is 6.68. The number of benzene rings is 2. The van der Waals surface area contributed by atoms with Gasteiger partial charge in [-0.25, -0.2) is 4.79 Å². The Balaban J connectivity index is 1.60. The number of carbonyl (C=O) groups excluding carboxylic acids is 1.